The van der Waals surface area contributed by atoms with Gasteiger partial charge in [0.1, 0.15) is 5.82 Å². The van der Waals surface area contributed by atoms with E-state index in [0.29, 0.717) is 6.04 Å². The highest BCUT2D eigenvalue weighted by Crippen LogP contribution is 2.26. The van der Waals surface area contributed by atoms with Gasteiger partial charge in [-0.15, -0.1) is 0 Å². The van der Waals surface area contributed by atoms with Gasteiger partial charge < -0.3 is 9.88 Å². The zero-order valence-electron chi connectivity index (χ0n) is 11.7. The standard InChI is InChI=1S/C15H20ClN3/c1-4-14-17-8-9-19(14)15-12(10-18-11(2)3)6-5-7-13(15)16/h5-9,11,18H,4,10H2,1-3H3. The van der Waals surface area contributed by atoms with Gasteiger partial charge in [-0.2, -0.15) is 0 Å². The van der Waals surface area contributed by atoms with Crippen LogP contribution < -0.4 is 5.32 Å². The quantitative estimate of drug-likeness (QED) is 0.905. The zero-order chi connectivity index (χ0) is 13.8. The number of nitrogens with zero attached hydrogens (tertiary/aromatic N) is 2. The first-order valence-electron chi connectivity index (χ1n) is 6.66. The number of hydrogen-bond acceptors (Lipinski definition) is 2. The van der Waals surface area contributed by atoms with Crippen LogP contribution in [0.1, 0.15) is 32.2 Å². The summed E-state index contributed by atoms with van der Waals surface area (Å²) in [6.45, 7) is 7.18. The van der Waals surface area contributed by atoms with Gasteiger partial charge in [0, 0.05) is 31.4 Å². The van der Waals surface area contributed by atoms with E-state index in [-0.39, 0.29) is 0 Å². The Morgan fingerprint density at radius 3 is 2.84 bits per heavy atom. The Bertz CT molecular complexity index is 546. The maximum atomic E-state index is 6.39. The molecule has 0 aliphatic heterocycles. The number of aromatic nitrogens is 2. The van der Waals surface area contributed by atoms with Gasteiger partial charge in [0.15, 0.2) is 0 Å². The fraction of sp³-hybridized carbons (Fsp3) is 0.400. The van der Waals surface area contributed by atoms with Gasteiger partial charge in [-0.3, -0.25) is 0 Å². The van der Waals surface area contributed by atoms with E-state index < -0.39 is 0 Å². The first kappa shape index (κ1) is 14.1. The van der Waals surface area contributed by atoms with Gasteiger partial charge in [-0.05, 0) is 11.6 Å². The van der Waals surface area contributed by atoms with Crippen LogP contribution in [0.3, 0.4) is 0 Å². The predicted molar refractivity (Wildman–Crippen MR) is 79.9 cm³/mol. The number of para-hydroxylation sites is 1. The molecule has 0 aliphatic rings. The molecule has 4 heteroatoms. The summed E-state index contributed by atoms with van der Waals surface area (Å²) in [6, 6.07) is 6.47. The molecule has 0 atom stereocenters. The molecule has 3 nitrogen and oxygen atoms in total. The van der Waals surface area contributed by atoms with Crippen LogP contribution in [0.15, 0.2) is 30.6 Å². The molecule has 1 aromatic carbocycles. The second-order valence-electron chi connectivity index (χ2n) is 4.85. The topological polar surface area (TPSA) is 29.9 Å². The van der Waals surface area contributed by atoms with Crippen LogP contribution in [0.4, 0.5) is 0 Å². The highest BCUT2D eigenvalue weighted by Gasteiger charge is 2.12. The van der Waals surface area contributed by atoms with E-state index in [1.807, 2.05) is 24.5 Å². The van der Waals surface area contributed by atoms with Gasteiger partial charge in [0.05, 0.1) is 10.7 Å². The minimum atomic E-state index is 0.445. The fourth-order valence-electron chi connectivity index (χ4n) is 2.09. The number of aryl methyl sites for hydroxylation is 1. The molecule has 0 bridgehead atoms. The van der Waals surface area contributed by atoms with Gasteiger partial charge in [-0.25, -0.2) is 4.98 Å². The molecule has 0 radical (unpaired) electrons. The summed E-state index contributed by atoms with van der Waals surface area (Å²) in [5, 5.41) is 4.20. The fourth-order valence-corrected chi connectivity index (χ4v) is 2.37. The lowest BCUT2D eigenvalue weighted by atomic mass is 10.1. The average Bonchev–Trinajstić information content (AvgIpc) is 2.84. The van der Waals surface area contributed by atoms with Gasteiger partial charge in [0.25, 0.3) is 0 Å². The Labute approximate surface area is 119 Å². The maximum Gasteiger partial charge on any atom is 0.112 e. The zero-order valence-corrected chi connectivity index (χ0v) is 12.4. The van der Waals surface area contributed by atoms with E-state index in [9.17, 15) is 0 Å². The minimum Gasteiger partial charge on any atom is -0.310 e. The molecule has 1 aromatic heterocycles. The van der Waals surface area contributed by atoms with Crippen molar-refractivity contribution in [3.8, 4) is 5.69 Å². The largest absolute Gasteiger partial charge is 0.310 e. The van der Waals surface area contributed by atoms with Crippen molar-refractivity contribution in [2.45, 2.75) is 39.8 Å². The van der Waals surface area contributed by atoms with Crippen LogP contribution >= 0.6 is 11.6 Å². The number of nitrogens with one attached hydrogen (secondary N) is 1. The molecular weight excluding hydrogens is 258 g/mol. The summed E-state index contributed by atoms with van der Waals surface area (Å²) in [5.74, 6) is 1.03. The Balaban J connectivity index is 2.43. The van der Waals surface area contributed by atoms with Gasteiger partial charge in [0.2, 0.25) is 0 Å². The molecular formula is C15H20ClN3. The van der Waals surface area contributed by atoms with E-state index in [4.69, 9.17) is 11.6 Å². The molecule has 19 heavy (non-hydrogen) atoms. The summed E-state index contributed by atoms with van der Waals surface area (Å²) in [4.78, 5) is 4.37. The molecule has 0 fully saturated rings. The number of imidazole rings is 1. The van der Waals surface area contributed by atoms with E-state index in [0.717, 1.165) is 29.5 Å². The van der Waals surface area contributed by atoms with Crippen LogP contribution in [-0.4, -0.2) is 15.6 Å². The normalized spacial score (nSPS) is 11.2. The Hall–Kier alpha value is -1.32. The monoisotopic (exact) mass is 277 g/mol. The van der Waals surface area contributed by atoms with Crippen molar-refractivity contribution in [3.05, 3.63) is 47.0 Å². The molecule has 0 saturated heterocycles. The molecule has 0 amide bonds. The molecule has 0 spiro atoms. The van der Waals surface area contributed by atoms with E-state index in [2.05, 4.69) is 41.7 Å². The summed E-state index contributed by atoms with van der Waals surface area (Å²) in [6.07, 6.45) is 4.68. The summed E-state index contributed by atoms with van der Waals surface area (Å²) in [5.41, 5.74) is 2.22. The van der Waals surface area contributed by atoms with Crippen LogP contribution in [0.5, 0.6) is 0 Å². The third-order valence-corrected chi connectivity index (χ3v) is 3.35. The summed E-state index contributed by atoms with van der Waals surface area (Å²) >= 11 is 6.39. The van der Waals surface area contributed by atoms with Crippen molar-refractivity contribution < 1.29 is 0 Å². The van der Waals surface area contributed by atoms with Crippen molar-refractivity contribution in [1.29, 1.82) is 0 Å². The summed E-state index contributed by atoms with van der Waals surface area (Å²) < 4.78 is 2.08. The summed E-state index contributed by atoms with van der Waals surface area (Å²) in [7, 11) is 0. The third-order valence-electron chi connectivity index (χ3n) is 3.05. The molecule has 0 unspecified atom stereocenters. The SMILES string of the molecule is CCc1nccn1-c1c(Cl)cccc1CNC(C)C. The first-order chi connectivity index (χ1) is 9.13. The molecule has 1 N–H and O–H groups in total. The van der Waals surface area contributed by atoms with E-state index in [1.54, 1.807) is 0 Å². The Kier molecular flexibility index (Phi) is 4.61. The lowest BCUT2D eigenvalue weighted by Crippen LogP contribution is -2.22. The maximum absolute atomic E-state index is 6.39. The number of benzene rings is 1. The number of halogens is 1. The van der Waals surface area contributed by atoms with Crippen LogP contribution in [-0.2, 0) is 13.0 Å². The van der Waals surface area contributed by atoms with Crippen molar-refractivity contribution in [3.63, 3.8) is 0 Å². The van der Waals surface area contributed by atoms with Crippen molar-refractivity contribution in [2.24, 2.45) is 0 Å². The Morgan fingerprint density at radius 1 is 1.37 bits per heavy atom. The van der Waals surface area contributed by atoms with Crippen molar-refractivity contribution in [2.75, 3.05) is 0 Å². The van der Waals surface area contributed by atoms with Crippen molar-refractivity contribution in [1.82, 2.24) is 14.9 Å². The molecule has 0 saturated carbocycles. The smallest absolute Gasteiger partial charge is 0.112 e. The number of hydrogen-bond donors (Lipinski definition) is 1. The molecule has 2 rings (SSSR count). The van der Waals surface area contributed by atoms with Crippen LogP contribution in [0, 0.1) is 0 Å². The lowest BCUT2D eigenvalue weighted by molar-refractivity contribution is 0.587. The van der Waals surface area contributed by atoms with Gasteiger partial charge in [-0.1, -0.05) is 44.5 Å². The highest BCUT2D eigenvalue weighted by atomic mass is 35.5. The number of rotatable bonds is 5. The third kappa shape index (κ3) is 3.17. The first-order valence-corrected chi connectivity index (χ1v) is 7.04. The highest BCUT2D eigenvalue weighted by molar-refractivity contribution is 6.32. The average molecular weight is 278 g/mol. The lowest BCUT2D eigenvalue weighted by Gasteiger charge is -2.16. The second kappa shape index (κ2) is 6.22. The molecule has 102 valence electrons. The minimum absolute atomic E-state index is 0.445. The van der Waals surface area contributed by atoms with Crippen molar-refractivity contribution >= 4 is 11.6 Å². The van der Waals surface area contributed by atoms with E-state index >= 15 is 0 Å². The molecule has 2 aromatic rings. The van der Waals surface area contributed by atoms with Crippen LogP contribution in [0.2, 0.25) is 5.02 Å². The molecule has 0 aliphatic carbocycles. The van der Waals surface area contributed by atoms with Crippen LogP contribution in [0.25, 0.3) is 5.69 Å². The Morgan fingerprint density at radius 2 is 2.16 bits per heavy atom. The predicted octanol–water partition coefficient (Wildman–Crippen LogP) is 3.59. The van der Waals surface area contributed by atoms with E-state index in [1.165, 1.54) is 5.56 Å². The van der Waals surface area contributed by atoms with Gasteiger partial charge >= 0.3 is 0 Å². The second-order valence-corrected chi connectivity index (χ2v) is 5.26. The molecule has 1 heterocycles.